The number of anilines is 1. The lowest BCUT2D eigenvalue weighted by Gasteiger charge is -2.24. The van der Waals surface area contributed by atoms with Crippen molar-refractivity contribution in [3.05, 3.63) is 47.8 Å². The minimum absolute atomic E-state index is 0.0170. The van der Waals surface area contributed by atoms with E-state index in [-0.39, 0.29) is 29.8 Å². The van der Waals surface area contributed by atoms with Crippen molar-refractivity contribution in [3.63, 3.8) is 0 Å². The van der Waals surface area contributed by atoms with Gasteiger partial charge in [0.15, 0.2) is 14.9 Å². The summed E-state index contributed by atoms with van der Waals surface area (Å²) in [4.78, 5) is 21.8. The summed E-state index contributed by atoms with van der Waals surface area (Å²) in [5.41, 5.74) is 3.85. The van der Waals surface area contributed by atoms with Gasteiger partial charge in [0.1, 0.15) is 6.10 Å². The molecule has 1 saturated heterocycles. The number of amides is 2. The summed E-state index contributed by atoms with van der Waals surface area (Å²) in [7, 11) is -4.46. The molecule has 3 aromatic rings. The summed E-state index contributed by atoms with van der Waals surface area (Å²) in [5, 5.41) is 16.5. The molecule has 14 heteroatoms. The number of aromatic nitrogens is 4. The zero-order valence-electron chi connectivity index (χ0n) is 21.2. The quantitative estimate of drug-likeness (QED) is 0.333. The molecule has 2 aromatic heterocycles. The SMILES string of the molecule is CC(C)n1ccc(S(=N)(=O)NC(=O)Nc2c(-c3ccnc(OC4CCB(O)OC4)n3)ccc3c2CCC3)n1. The summed E-state index contributed by atoms with van der Waals surface area (Å²) < 4.78 is 36.3. The summed E-state index contributed by atoms with van der Waals surface area (Å²) in [5.74, 6) is 0. The van der Waals surface area contributed by atoms with Crippen LogP contribution in [0.25, 0.3) is 11.3 Å². The van der Waals surface area contributed by atoms with Crippen molar-refractivity contribution in [2.45, 2.75) is 63.0 Å². The van der Waals surface area contributed by atoms with Crippen molar-refractivity contribution in [3.8, 4) is 17.3 Å². The van der Waals surface area contributed by atoms with Gasteiger partial charge in [-0.3, -0.25) is 4.68 Å². The molecule has 4 N–H and O–H groups in total. The van der Waals surface area contributed by atoms with Crippen molar-refractivity contribution >= 4 is 28.8 Å². The van der Waals surface area contributed by atoms with Crippen LogP contribution in [0.1, 0.15) is 43.9 Å². The fourth-order valence-corrected chi connectivity index (χ4v) is 5.49. The van der Waals surface area contributed by atoms with Crippen molar-refractivity contribution in [2.75, 3.05) is 11.9 Å². The predicted octanol–water partition coefficient (Wildman–Crippen LogP) is 3.20. The monoisotopic (exact) mass is 539 g/mol. The highest BCUT2D eigenvalue weighted by Crippen LogP contribution is 2.37. The molecule has 200 valence electrons. The van der Waals surface area contributed by atoms with Crippen LogP contribution in [-0.2, 0) is 27.4 Å². The number of hydrogen-bond acceptors (Lipinski definition) is 9. The van der Waals surface area contributed by atoms with E-state index < -0.39 is 23.1 Å². The molecule has 38 heavy (non-hydrogen) atoms. The lowest BCUT2D eigenvalue weighted by Crippen LogP contribution is -2.35. The number of urea groups is 1. The maximum absolute atomic E-state index is 13.0. The summed E-state index contributed by atoms with van der Waals surface area (Å²) >= 11 is 0. The molecule has 2 amide bonds. The molecule has 0 saturated carbocycles. The van der Waals surface area contributed by atoms with Crippen molar-refractivity contribution in [1.82, 2.24) is 24.5 Å². The molecule has 5 rings (SSSR count). The minimum atomic E-state index is -3.68. The Hall–Kier alpha value is -3.49. The average Bonchev–Trinajstić information content (AvgIpc) is 3.56. The Bertz CT molecular complexity index is 1440. The number of carbonyl (C=O) groups excluding carboxylic acids is 1. The molecular weight excluding hydrogens is 509 g/mol. The molecule has 1 fully saturated rings. The zero-order chi connectivity index (χ0) is 26.9. The molecule has 0 spiro atoms. The Balaban J connectivity index is 1.39. The number of ether oxygens (including phenoxy) is 1. The van der Waals surface area contributed by atoms with Gasteiger partial charge >= 0.3 is 19.2 Å². The number of rotatable bonds is 7. The van der Waals surface area contributed by atoms with Gasteiger partial charge in [-0.05, 0) is 69.1 Å². The highest BCUT2D eigenvalue weighted by atomic mass is 32.2. The predicted molar refractivity (Wildman–Crippen MR) is 141 cm³/mol. The van der Waals surface area contributed by atoms with E-state index in [1.54, 1.807) is 23.1 Å². The first-order valence-corrected chi connectivity index (χ1v) is 14.1. The van der Waals surface area contributed by atoms with Crippen LogP contribution in [0.5, 0.6) is 6.01 Å². The van der Waals surface area contributed by atoms with Crippen LogP contribution in [-0.4, -0.2) is 54.8 Å². The van der Waals surface area contributed by atoms with Gasteiger partial charge in [0.2, 0.25) is 0 Å². The van der Waals surface area contributed by atoms with Crippen LogP contribution in [0.15, 0.2) is 41.7 Å². The van der Waals surface area contributed by atoms with E-state index in [4.69, 9.17) is 14.2 Å². The Kier molecular flexibility index (Phi) is 7.37. The Morgan fingerprint density at radius 2 is 2.16 bits per heavy atom. The van der Waals surface area contributed by atoms with Crippen LogP contribution in [0.4, 0.5) is 10.5 Å². The lowest BCUT2D eigenvalue weighted by molar-refractivity contribution is 0.0828. The largest absolute Gasteiger partial charge is 0.458 e. The molecule has 3 heterocycles. The van der Waals surface area contributed by atoms with E-state index in [0.29, 0.717) is 29.7 Å². The van der Waals surface area contributed by atoms with E-state index in [1.807, 2.05) is 26.0 Å². The van der Waals surface area contributed by atoms with E-state index in [0.717, 1.165) is 30.4 Å². The summed E-state index contributed by atoms with van der Waals surface area (Å²) in [6.45, 7) is 4.07. The summed E-state index contributed by atoms with van der Waals surface area (Å²) in [6, 6.07) is 6.52. The molecular formula is C24H30BN7O5S. The molecule has 2 atom stereocenters. The van der Waals surface area contributed by atoms with Gasteiger partial charge in [0, 0.05) is 24.0 Å². The van der Waals surface area contributed by atoms with Crippen LogP contribution in [0, 0.1) is 4.78 Å². The van der Waals surface area contributed by atoms with Gasteiger partial charge in [-0.2, -0.15) is 10.1 Å². The average molecular weight is 539 g/mol. The van der Waals surface area contributed by atoms with E-state index in [9.17, 15) is 14.0 Å². The molecule has 1 aromatic carbocycles. The number of aryl methyl sites for hydroxylation is 1. The van der Waals surface area contributed by atoms with Gasteiger partial charge in [-0.15, -0.1) is 0 Å². The Morgan fingerprint density at radius 3 is 2.89 bits per heavy atom. The summed E-state index contributed by atoms with van der Waals surface area (Å²) in [6.07, 6.45) is 6.62. The molecule has 0 radical (unpaired) electrons. The lowest BCUT2D eigenvalue weighted by atomic mass is 9.80. The van der Waals surface area contributed by atoms with E-state index in [1.165, 1.54) is 6.07 Å². The van der Waals surface area contributed by atoms with Crippen LogP contribution in [0.2, 0.25) is 6.32 Å². The highest BCUT2D eigenvalue weighted by Gasteiger charge is 2.27. The van der Waals surface area contributed by atoms with Gasteiger partial charge in [-0.1, -0.05) is 12.1 Å². The fraction of sp³-hybridized carbons (Fsp3) is 0.417. The third kappa shape index (κ3) is 5.66. The first kappa shape index (κ1) is 26.1. The number of fused-ring (bicyclic) bond motifs is 1. The van der Waals surface area contributed by atoms with E-state index in [2.05, 4.69) is 25.1 Å². The van der Waals surface area contributed by atoms with E-state index >= 15 is 0 Å². The normalized spacial score (nSPS) is 18.6. The molecule has 2 aliphatic rings. The molecule has 1 aliphatic heterocycles. The van der Waals surface area contributed by atoms with Crippen LogP contribution in [0.3, 0.4) is 0 Å². The third-order valence-corrected chi connectivity index (χ3v) is 7.84. The number of nitrogens with one attached hydrogen (secondary N) is 3. The molecule has 0 bridgehead atoms. The second kappa shape index (κ2) is 10.7. The first-order chi connectivity index (χ1) is 18.2. The maximum Gasteiger partial charge on any atom is 0.454 e. The standard InChI is InChI=1S/C24H30BN7O5S/c1-15(2)32-13-10-21(30-32)38(26,35)31-23(33)29-22-18-5-3-4-16(18)6-7-19(22)20-9-12-27-24(28-20)37-17-8-11-25(34)36-14-17/h6-7,9-10,12-13,15,17,34H,3-5,8,11,14H2,1-2H3,(H3,26,29,31,33,35). The smallest absolute Gasteiger partial charge is 0.454 e. The third-order valence-electron chi connectivity index (χ3n) is 6.56. The first-order valence-electron chi connectivity index (χ1n) is 12.6. The Morgan fingerprint density at radius 1 is 1.32 bits per heavy atom. The molecule has 12 nitrogen and oxygen atoms in total. The Labute approximate surface area is 221 Å². The van der Waals surface area contributed by atoms with Gasteiger partial charge < -0.3 is 19.7 Å². The van der Waals surface area contributed by atoms with Crippen molar-refractivity contribution in [2.24, 2.45) is 0 Å². The second-order valence-corrected chi connectivity index (χ2v) is 11.4. The zero-order valence-corrected chi connectivity index (χ0v) is 22.0. The fourth-order valence-electron chi connectivity index (χ4n) is 4.61. The topological polar surface area (TPSA) is 164 Å². The van der Waals surface area contributed by atoms with Gasteiger partial charge in [0.25, 0.3) is 0 Å². The highest BCUT2D eigenvalue weighted by molar-refractivity contribution is 7.91. The number of hydrogen-bond donors (Lipinski definition) is 4. The number of carbonyl (C=O) groups is 1. The minimum Gasteiger partial charge on any atom is -0.458 e. The number of benzene rings is 1. The number of nitrogens with zero attached hydrogens (tertiary/aromatic N) is 4. The van der Waals surface area contributed by atoms with Gasteiger partial charge in [0.05, 0.1) is 18.0 Å². The maximum atomic E-state index is 13.0. The van der Waals surface area contributed by atoms with Gasteiger partial charge in [-0.25, -0.2) is 23.5 Å². The molecule has 1 aliphatic carbocycles. The van der Waals surface area contributed by atoms with Crippen LogP contribution < -0.4 is 14.8 Å². The van der Waals surface area contributed by atoms with Crippen LogP contribution >= 0.6 is 0 Å². The van der Waals surface area contributed by atoms with Crippen molar-refractivity contribution < 1.29 is 23.4 Å². The molecule has 2 unspecified atom stereocenters. The second-order valence-electron chi connectivity index (χ2n) is 9.65. The van der Waals surface area contributed by atoms with Crippen molar-refractivity contribution in [1.29, 1.82) is 4.78 Å².